The molecule has 2 aromatic rings. The molecule has 2 rings (SSSR count). The monoisotopic (exact) mass is 356 g/mol. The molecule has 0 bridgehead atoms. The zero-order valence-corrected chi connectivity index (χ0v) is 13.6. The van der Waals surface area contributed by atoms with Crippen LogP contribution < -0.4 is 10.6 Å². The average molecular weight is 357 g/mol. The van der Waals surface area contributed by atoms with Crippen LogP contribution in [0.25, 0.3) is 0 Å². The molecule has 0 saturated heterocycles. The van der Waals surface area contributed by atoms with Crippen molar-refractivity contribution >= 4 is 23.2 Å². The third kappa shape index (κ3) is 4.97. The molecule has 0 heterocycles. The Hall–Kier alpha value is -2.05. The molecule has 0 aliphatic carbocycles. The average Bonchev–Trinajstić information content (AvgIpc) is 2.51. The van der Waals surface area contributed by atoms with Crippen LogP contribution in [0.1, 0.15) is 17.2 Å². The van der Waals surface area contributed by atoms with Gasteiger partial charge in [-0.2, -0.15) is 13.2 Å². The number of carbonyl (C=O) groups excluding carboxylic acids is 1. The van der Waals surface area contributed by atoms with Crippen molar-refractivity contribution in [1.82, 2.24) is 5.32 Å². The lowest BCUT2D eigenvalue weighted by Crippen LogP contribution is -2.38. The van der Waals surface area contributed by atoms with Gasteiger partial charge < -0.3 is 5.32 Å². The first-order chi connectivity index (χ1) is 11.3. The quantitative estimate of drug-likeness (QED) is 0.829. The number of amides is 1. The summed E-state index contributed by atoms with van der Waals surface area (Å²) >= 11 is 5.85. The van der Waals surface area contributed by atoms with Crippen LogP contribution in [0.15, 0.2) is 48.5 Å². The fourth-order valence-electron chi connectivity index (χ4n) is 2.19. The van der Waals surface area contributed by atoms with Crippen LogP contribution in [0.2, 0.25) is 5.02 Å². The predicted octanol–water partition coefficient (Wildman–Crippen LogP) is 4.48. The van der Waals surface area contributed by atoms with Crippen molar-refractivity contribution in [3.05, 3.63) is 64.7 Å². The van der Waals surface area contributed by atoms with Crippen LogP contribution in [-0.4, -0.2) is 18.6 Å². The van der Waals surface area contributed by atoms with Gasteiger partial charge in [0.05, 0.1) is 6.54 Å². The highest BCUT2D eigenvalue weighted by Crippen LogP contribution is 2.32. The summed E-state index contributed by atoms with van der Waals surface area (Å²) in [4.78, 5) is 12.0. The van der Waals surface area contributed by atoms with Gasteiger partial charge in [0.2, 0.25) is 5.91 Å². The van der Waals surface area contributed by atoms with Crippen LogP contribution >= 0.6 is 11.6 Å². The maximum atomic E-state index is 13.2. The molecule has 0 saturated carbocycles. The van der Waals surface area contributed by atoms with Crippen LogP contribution in [0.5, 0.6) is 0 Å². The molecule has 0 aliphatic heterocycles. The predicted molar refractivity (Wildman–Crippen MR) is 88.1 cm³/mol. The molecule has 2 N–H and O–H groups in total. The Morgan fingerprint density at radius 1 is 1.17 bits per heavy atom. The van der Waals surface area contributed by atoms with Crippen LogP contribution in [0.4, 0.5) is 18.9 Å². The van der Waals surface area contributed by atoms with Gasteiger partial charge in [0.1, 0.15) is 6.04 Å². The van der Waals surface area contributed by atoms with Gasteiger partial charge in [-0.1, -0.05) is 48.0 Å². The smallest absolute Gasteiger partial charge is 0.325 e. The van der Waals surface area contributed by atoms with Crippen molar-refractivity contribution in [1.29, 1.82) is 0 Å². The van der Waals surface area contributed by atoms with E-state index in [2.05, 4.69) is 10.6 Å². The number of alkyl halides is 3. The third-order valence-electron chi connectivity index (χ3n) is 3.40. The summed E-state index contributed by atoms with van der Waals surface area (Å²) in [5, 5.41) is 5.25. The molecular formula is C17H16ClF3N2O. The summed E-state index contributed by atoms with van der Waals surface area (Å²) in [6, 6.07) is 10.4. The summed E-state index contributed by atoms with van der Waals surface area (Å²) in [6.07, 6.45) is -4.51. The second kappa shape index (κ2) is 7.68. The number of rotatable bonds is 5. The van der Waals surface area contributed by atoms with Crippen molar-refractivity contribution in [3.8, 4) is 0 Å². The highest BCUT2D eigenvalue weighted by atomic mass is 35.5. The van der Waals surface area contributed by atoms with E-state index in [9.17, 15) is 18.0 Å². The SMILES string of the molecule is Cc1ccc(Cl)cc1NC(=O)CNC(c1ccccc1)C(F)(F)F. The maximum absolute atomic E-state index is 13.2. The first-order valence-corrected chi connectivity index (χ1v) is 7.56. The summed E-state index contributed by atoms with van der Waals surface area (Å²) in [7, 11) is 0. The first kappa shape index (κ1) is 18.3. The van der Waals surface area contributed by atoms with Crippen molar-refractivity contribution in [2.24, 2.45) is 0 Å². The number of hydrogen-bond acceptors (Lipinski definition) is 2. The van der Waals surface area contributed by atoms with E-state index in [1.165, 1.54) is 24.3 Å². The number of aryl methyl sites for hydroxylation is 1. The second-order valence-electron chi connectivity index (χ2n) is 5.27. The number of nitrogens with one attached hydrogen (secondary N) is 2. The number of benzene rings is 2. The van der Waals surface area contributed by atoms with Gasteiger partial charge in [-0.3, -0.25) is 10.1 Å². The molecule has 0 radical (unpaired) electrons. The van der Waals surface area contributed by atoms with Crippen molar-refractivity contribution in [2.45, 2.75) is 19.1 Å². The highest BCUT2D eigenvalue weighted by Gasteiger charge is 2.40. The van der Waals surface area contributed by atoms with Crippen LogP contribution in [0, 0.1) is 6.92 Å². The number of anilines is 1. The summed E-state index contributed by atoms with van der Waals surface area (Å²) in [6.45, 7) is 1.28. The first-order valence-electron chi connectivity index (χ1n) is 7.18. The Morgan fingerprint density at radius 3 is 2.46 bits per heavy atom. The molecule has 128 valence electrons. The number of carbonyl (C=O) groups is 1. The van der Waals surface area contributed by atoms with Gasteiger partial charge in [-0.05, 0) is 30.2 Å². The molecule has 0 aromatic heterocycles. The van der Waals surface area contributed by atoms with E-state index in [1.807, 2.05) is 0 Å². The molecule has 0 fully saturated rings. The highest BCUT2D eigenvalue weighted by molar-refractivity contribution is 6.31. The topological polar surface area (TPSA) is 41.1 Å². The molecule has 1 unspecified atom stereocenters. The van der Waals surface area contributed by atoms with E-state index in [4.69, 9.17) is 11.6 Å². The van der Waals surface area contributed by atoms with E-state index in [-0.39, 0.29) is 5.56 Å². The Morgan fingerprint density at radius 2 is 1.83 bits per heavy atom. The fourth-order valence-corrected chi connectivity index (χ4v) is 2.36. The van der Waals surface area contributed by atoms with Crippen molar-refractivity contribution in [2.75, 3.05) is 11.9 Å². The molecule has 0 spiro atoms. The fraction of sp³-hybridized carbons (Fsp3) is 0.235. The van der Waals surface area contributed by atoms with Crippen LogP contribution in [0.3, 0.4) is 0 Å². The summed E-state index contributed by atoms with van der Waals surface area (Å²) in [5.74, 6) is -0.578. The lowest BCUT2D eigenvalue weighted by atomic mass is 10.1. The molecular weight excluding hydrogens is 341 g/mol. The van der Waals surface area contributed by atoms with Crippen molar-refractivity contribution < 1.29 is 18.0 Å². The second-order valence-corrected chi connectivity index (χ2v) is 5.71. The Kier molecular flexibility index (Phi) is 5.85. The van der Waals surface area contributed by atoms with Gasteiger partial charge in [0.15, 0.2) is 0 Å². The normalized spacial score (nSPS) is 12.7. The number of halogens is 4. The van der Waals surface area contributed by atoms with E-state index < -0.39 is 24.7 Å². The van der Waals surface area contributed by atoms with Gasteiger partial charge in [-0.15, -0.1) is 0 Å². The van der Waals surface area contributed by atoms with Gasteiger partial charge >= 0.3 is 6.18 Å². The Labute approximate surface area is 142 Å². The van der Waals surface area contributed by atoms with E-state index in [0.29, 0.717) is 10.7 Å². The molecule has 0 aliphatic rings. The van der Waals surface area contributed by atoms with Gasteiger partial charge in [0, 0.05) is 10.7 Å². The minimum atomic E-state index is -4.51. The van der Waals surface area contributed by atoms with Gasteiger partial charge in [0.25, 0.3) is 0 Å². The minimum absolute atomic E-state index is 0.0525. The maximum Gasteiger partial charge on any atom is 0.407 e. The summed E-state index contributed by atoms with van der Waals surface area (Å²) < 4.78 is 39.6. The largest absolute Gasteiger partial charge is 0.407 e. The molecule has 1 atom stereocenters. The van der Waals surface area contributed by atoms with Crippen molar-refractivity contribution in [3.63, 3.8) is 0 Å². The standard InChI is InChI=1S/C17H16ClF3N2O/c1-11-7-8-13(18)9-14(11)23-15(24)10-22-16(17(19,20)21)12-5-3-2-4-6-12/h2-9,16,22H,10H2,1H3,(H,23,24). The molecule has 7 heteroatoms. The number of hydrogen-bond donors (Lipinski definition) is 2. The summed E-state index contributed by atoms with van der Waals surface area (Å²) in [5.41, 5.74) is 1.29. The lowest BCUT2D eigenvalue weighted by Gasteiger charge is -2.22. The molecule has 1 amide bonds. The molecule has 2 aromatic carbocycles. The zero-order valence-electron chi connectivity index (χ0n) is 12.8. The molecule has 24 heavy (non-hydrogen) atoms. The Bertz CT molecular complexity index is 705. The zero-order chi connectivity index (χ0) is 17.7. The minimum Gasteiger partial charge on any atom is -0.325 e. The van der Waals surface area contributed by atoms with Crippen LogP contribution in [-0.2, 0) is 4.79 Å². The lowest BCUT2D eigenvalue weighted by molar-refractivity contribution is -0.158. The molecule has 3 nitrogen and oxygen atoms in total. The van der Waals surface area contributed by atoms with E-state index >= 15 is 0 Å². The third-order valence-corrected chi connectivity index (χ3v) is 3.64. The van der Waals surface area contributed by atoms with E-state index in [1.54, 1.807) is 31.2 Å². The van der Waals surface area contributed by atoms with Gasteiger partial charge in [-0.25, -0.2) is 0 Å². The Balaban J connectivity index is 2.04. The van der Waals surface area contributed by atoms with E-state index in [0.717, 1.165) is 5.56 Å².